The van der Waals surface area contributed by atoms with Crippen LogP contribution in [0.1, 0.15) is 18.4 Å². The van der Waals surface area contributed by atoms with Gasteiger partial charge in [-0.15, -0.1) is 0 Å². The SMILES string of the molecule is COc1ccc(Nc2cc(N3CCCC3)ncn2)c(C)c1. The molecule has 2 heterocycles. The number of benzene rings is 1. The standard InChI is InChI=1S/C16H20N4O/c1-12-9-13(21-2)5-6-14(12)19-15-10-16(18-11-17-15)20-7-3-4-8-20/h5-6,9-11H,3-4,7-8H2,1-2H3,(H,17,18,19). The summed E-state index contributed by atoms with van der Waals surface area (Å²) in [5, 5.41) is 3.35. The molecule has 0 bridgehead atoms. The van der Waals surface area contributed by atoms with Gasteiger partial charge in [0.25, 0.3) is 0 Å². The molecule has 1 N–H and O–H groups in total. The number of aryl methyl sites for hydroxylation is 1. The molecule has 1 aromatic carbocycles. The van der Waals surface area contributed by atoms with E-state index in [1.54, 1.807) is 13.4 Å². The number of rotatable bonds is 4. The molecule has 1 aliphatic heterocycles. The number of methoxy groups -OCH3 is 1. The van der Waals surface area contributed by atoms with E-state index in [1.807, 2.05) is 31.2 Å². The molecule has 3 rings (SSSR count). The summed E-state index contributed by atoms with van der Waals surface area (Å²) >= 11 is 0. The molecular weight excluding hydrogens is 264 g/mol. The van der Waals surface area contributed by atoms with Crippen molar-refractivity contribution in [3.63, 3.8) is 0 Å². The first-order valence-corrected chi connectivity index (χ1v) is 7.25. The van der Waals surface area contributed by atoms with E-state index in [-0.39, 0.29) is 0 Å². The van der Waals surface area contributed by atoms with Gasteiger partial charge in [-0.2, -0.15) is 0 Å². The van der Waals surface area contributed by atoms with Crippen LogP contribution in [0.2, 0.25) is 0 Å². The molecule has 1 aliphatic rings. The maximum absolute atomic E-state index is 5.23. The molecule has 0 atom stereocenters. The Morgan fingerprint density at radius 3 is 2.67 bits per heavy atom. The Hall–Kier alpha value is -2.30. The predicted molar refractivity (Wildman–Crippen MR) is 84.5 cm³/mol. The first-order valence-electron chi connectivity index (χ1n) is 7.25. The molecule has 1 fully saturated rings. The minimum atomic E-state index is 0.820. The van der Waals surface area contributed by atoms with Gasteiger partial charge in [0.2, 0.25) is 0 Å². The Balaban J connectivity index is 1.79. The van der Waals surface area contributed by atoms with Crippen molar-refractivity contribution in [3.05, 3.63) is 36.2 Å². The van der Waals surface area contributed by atoms with Crippen LogP contribution in [-0.4, -0.2) is 30.2 Å². The highest BCUT2D eigenvalue weighted by atomic mass is 16.5. The second-order valence-electron chi connectivity index (χ2n) is 5.26. The number of ether oxygens (including phenoxy) is 1. The second kappa shape index (κ2) is 5.99. The Bertz CT molecular complexity index is 623. The summed E-state index contributed by atoms with van der Waals surface area (Å²) < 4.78 is 5.23. The maximum atomic E-state index is 5.23. The molecule has 1 saturated heterocycles. The minimum absolute atomic E-state index is 0.820. The molecule has 0 aliphatic carbocycles. The highest BCUT2D eigenvalue weighted by molar-refractivity contribution is 5.63. The largest absolute Gasteiger partial charge is 0.497 e. The summed E-state index contributed by atoms with van der Waals surface area (Å²) in [4.78, 5) is 11.0. The van der Waals surface area contributed by atoms with Crippen molar-refractivity contribution in [1.29, 1.82) is 0 Å². The van der Waals surface area contributed by atoms with Crippen molar-refractivity contribution in [1.82, 2.24) is 9.97 Å². The van der Waals surface area contributed by atoms with E-state index in [2.05, 4.69) is 20.2 Å². The van der Waals surface area contributed by atoms with Crippen molar-refractivity contribution < 1.29 is 4.74 Å². The average Bonchev–Trinajstić information content (AvgIpc) is 3.04. The van der Waals surface area contributed by atoms with E-state index in [1.165, 1.54) is 12.8 Å². The van der Waals surface area contributed by atoms with E-state index in [9.17, 15) is 0 Å². The summed E-state index contributed by atoms with van der Waals surface area (Å²) in [6.07, 6.45) is 4.10. The van der Waals surface area contributed by atoms with Gasteiger partial charge in [-0.3, -0.25) is 0 Å². The van der Waals surface area contributed by atoms with E-state index in [0.29, 0.717) is 0 Å². The average molecular weight is 284 g/mol. The van der Waals surface area contributed by atoms with Crippen molar-refractivity contribution in [2.45, 2.75) is 19.8 Å². The van der Waals surface area contributed by atoms with E-state index in [4.69, 9.17) is 4.74 Å². The molecule has 110 valence electrons. The van der Waals surface area contributed by atoms with Crippen LogP contribution >= 0.6 is 0 Å². The van der Waals surface area contributed by atoms with E-state index < -0.39 is 0 Å². The molecule has 0 amide bonds. The number of hydrogen-bond donors (Lipinski definition) is 1. The van der Waals surface area contributed by atoms with Gasteiger partial charge in [-0.25, -0.2) is 9.97 Å². The molecule has 0 radical (unpaired) electrons. The summed E-state index contributed by atoms with van der Waals surface area (Å²) in [6.45, 7) is 4.21. The fraction of sp³-hybridized carbons (Fsp3) is 0.375. The van der Waals surface area contributed by atoms with Gasteiger partial charge in [0.1, 0.15) is 23.7 Å². The van der Waals surface area contributed by atoms with Gasteiger partial charge in [0.15, 0.2) is 0 Å². The topological polar surface area (TPSA) is 50.3 Å². The van der Waals surface area contributed by atoms with Crippen LogP contribution in [0.25, 0.3) is 0 Å². The molecular formula is C16H20N4O. The van der Waals surface area contributed by atoms with Gasteiger partial charge < -0.3 is 15.0 Å². The van der Waals surface area contributed by atoms with Gasteiger partial charge in [-0.05, 0) is 43.5 Å². The third-order valence-electron chi connectivity index (χ3n) is 3.78. The van der Waals surface area contributed by atoms with Crippen molar-refractivity contribution in [3.8, 4) is 5.75 Å². The highest BCUT2D eigenvalue weighted by Crippen LogP contribution is 2.25. The highest BCUT2D eigenvalue weighted by Gasteiger charge is 2.14. The number of anilines is 3. The molecule has 5 nitrogen and oxygen atoms in total. The lowest BCUT2D eigenvalue weighted by atomic mass is 10.2. The molecule has 5 heteroatoms. The number of nitrogens with one attached hydrogen (secondary N) is 1. The van der Waals surface area contributed by atoms with Gasteiger partial charge >= 0.3 is 0 Å². The Morgan fingerprint density at radius 1 is 1.14 bits per heavy atom. The Kier molecular flexibility index (Phi) is 3.90. The smallest absolute Gasteiger partial charge is 0.135 e. The predicted octanol–water partition coefficient (Wildman–Crippen LogP) is 3.14. The van der Waals surface area contributed by atoms with Crippen LogP contribution < -0.4 is 15.0 Å². The second-order valence-corrected chi connectivity index (χ2v) is 5.26. The van der Waals surface area contributed by atoms with E-state index >= 15 is 0 Å². The van der Waals surface area contributed by atoms with Crippen molar-refractivity contribution in [2.24, 2.45) is 0 Å². The minimum Gasteiger partial charge on any atom is -0.497 e. The zero-order chi connectivity index (χ0) is 14.7. The fourth-order valence-electron chi connectivity index (χ4n) is 2.58. The van der Waals surface area contributed by atoms with Gasteiger partial charge in [-0.1, -0.05) is 0 Å². The fourth-order valence-corrected chi connectivity index (χ4v) is 2.58. The lowest BCUT2D eigenvalue weighted by Crippen LogP contribution is -2.19. The van der Waals surface area contributed by atoms with Crippen LogP contribution in [-0.2, 0) is 0 Å². The summed E-state index contributed by atoms with van der Waals surface area (Å²) in [5.41, 5.74) is 2.15. The molecule has 1 aromatic heterocycles. The molecule has 2 aromatic rings. The van der Waals surface area contributed by atoms with Crippen LogP contribution in [0, 0.1) is 6.92 Å². The summed E-state index contributed by atoms with van der Waals surface area (Å²) in [5.74, 6) is 2.68. The van der Waals surface area contributed by atoms with Crippen molar-refractivity contribution >= 4 is 17.3 Å². The quantitative estimate of drug-likeness (QED) is 0.934. The van der Waals surface area contributed by atoms with Crippen LogP contribution in [0.3, 0.4) is 0 Å². The molecule has 0 saturated carbocycles. The molecule has 0 unspecified atom stereocenters. The molecule has 0 spiro atoms. The maximum Gasteiger partial charge on any atom is 0.135 e. The normalized spacial score (nSPS) is 14.3. The lowest BCUT2D eigenvalue weighted by molar-refractivity contribution is 0.414. The Labute approximate surface area is 125 Å². The lowest BCUT2D eigenvalue weighted by Gasteiger charge is -2.17. The van der Waals surface area contributed by atoms with Crippen LogP contribution in [0.15, 0.2) is 30.6 Å². The Morgan fingerprint density at radius 2 is 1.95 bits per heavy atom. The third-order valence-corrected chi connectivity index (χ3v) is 3.78. The number of nitrogens with zero attached hydrogens (tertiary/aromatic N) is 3. The molecule has 21 heavy (non-hydrogen) atoms. The zero-order valence-corrected chi connectivity index (χ0v) is 12.5. The summed E-state index contributed by atoms with van der Waals surface area (Å²) in [7, 11) is 1.68. The third kappa shape index (κ3) is 3.07. The van der Waals surface area contributed by atoms with Gasteiger partial charge in [0, 0.05) is 24.8 Å². The first kappa shape index (κ1) is 13.7. The van der Waals surface area contributed by atoms with Crippen molar-refractivity contribution in [2.75, 3.05) is 30.4 Å². The monoisotopic (exact) mass is 284 g/mol. The van der Waals surface area contributed by atoms with Crippen LogP contribution in [0.4, 0.5) is 17.3 Å². The van der Waals surface area contributed by atoms with Crippen LogP contribution in [0.5, 0.6) is 5.75 Å². The zero-order valence-electron chi connectivity index (χ0n) is 12.5. The van der Waals surface area contributed by atoms with E-state index in [0.717, 1.165) is 41.7 Å². The van der Waals surface area contributed by atoms with Gasteiger partial charge in [0.05, 0.1) is 7.11 Å². The number of aromatic nitrogens is 2. The number of hydrogen-bond acceptors (Lipinski definition) is 5. The summed E-state index contributed by atoms with van der Waals surface area (Å²) in [6, 6.07) is 7.96. The first-order chi connectivity index (χ1) is 10.3.